The molecule has 1 atom stereocenters. The Labute approximate surface area is 162 Å². The zero-order valence-electron chi connectivity index (χ0n) is 14.8. The maximum Gasteiger partial charge on any atom is 0.348 e. The maximum atomic E-state index is 12.5. The van der Waals surface area contributed by atoms with Gasteiger partial charge in [-0.3, -0.25) is 0 Å². The standard InChI is InChI=1S/C21H20ClNO2S/c1-12-4-6-18-15(7-12)10-19(26-18)21(24)25-11-16-9-14-5-3-13(2)8-17(14)23-20(16)22/h3,5,8-10,12H,4,6-7,11H2,1-2H3/t12-/m0/s1. The summed E-state index contributed by atoms with van der Waals surface area (Å²) >= 11 is 7.85. The summed E-state index contributed by atoms with van der Waals surface area (Å²) in [5, 5.41) is 1.38. The van der Waals surface area contributed by atoms with Crippen LogP contribution in [0, 0.1) is 12.8 Å². The fourth-order valence-electron chi connectivity index (χ4n) is 3.42. The lowest BCUT2D eigenvalue weighted by Crippen LogP contribution is -2.08. The second kappa shape index (κ2) is 7.01. The van der Waals surface area contributed by atoms with Gasteiger partial charge in [0.15, 0.2) is 0 Å². The second-order valence-electron chi connectivity index (χ2n) is 7.12. The van der Waals surface area contributed by atoms with Crippen LogP contribution in [0.2, 0.25) is 5.15 Å². The average Bonchev–Trinajstić information content (AvgIpc) is 3.03. The lowest BCUT2D eigenvalue weighted by atomic mass is 9.90. The number of ether oxygens (including phenoxy) is 1. The first-order chi connectivity index (χ1) is 12.5. The van der Waals surface area contributed by atoms with E-state index >= 15 is 0 Å². The van der Waals surface area contributed by atoms with Crippen molar-refractivity contribution in [2.45, 2.75) is 39.7 Å². The highest BCUT2D eigenvalue weighted by Gasteiger charge is 2.21. The first kappa shape index (κ1) is 17.5. The molecule has 0 aliphatic heterocycles. The minimum absolute atomic E-state index is 0.132. The third-order valence-corrected chi connectivity index (χ3v) is 6.43. The van der Waals surface area contributed by atoms with E-state index < -0.39 is 0 Å². The summed E-state index contributed by atoms with van der Waals surface area (Å²) < 4.78 is 5.52. The van der Waals surface area contributed by atoms with Gasteiger partial charge in [-0.15, -0.1) is 11.3 Å². The van der Waals surface area contributed by atoms with Crippen LogP contribution in [0.5, 0.6) is 0 Å². The van der Waals surface area contributed by atoms with Crippen molar-refractivity contribution < 1.29 is 9.53 Å². The number of carbonyl (C=O) groups is 1. The molecule has 0 saturated carbocycles. The van der Waals surface area contributed by atoms with E-state index in [2.05, 4.69) is 11.9 Å². The van der Waals surface area contributed by atoms with Crippen LogP contribution in [-0.4, -0.2) is 11.0 Å². The molecule has 0 bridgehead atoms. The third-order valence-electron chi connectivity index (χ3n) is 4.89. The van der Waals surface area contributed by atoms with E-state index in [4.69, 9.17) is 16.3 Å². The van der Waals surface area contributed by atoms with Crippen LogP contribution >= 0.6 is 22.9 Å². The van der Waals surface area contributed by atoms with Crippen LogP contribution in [0.1, 0.15) is 44.6 Å². The number of thiophene rings is 1. The van der Waals surface area contributed by atoms with Gasteiger partial charge in [0.25, 0.3) is 0 Å². The van der Waals surface area contributed by atoms with E-state index in [0.717, 1.165) is 34.9 Å². The smallest absolute Gasteiger partial charge is 0.348 e. The van der Waals surface area contributed by atoms with Crippen LogP contribution in [0.3, 0.4) is 0 Å². The predicted octanol–water partition coefficient (Wildman–Crippen LogP) is 5.74. The molecule has 3 nitrogen and oxygen atoms in total. The molecule has 1 aromatic carbocycles. The lowest BCUT2D eigenvalue weighted by molar-refractivity contribution is 0.0478. The largest absolute Gasteiger partial charge is 0.457 e. The van der Waals surface area contributed by atoms with Crippen molar-refractivity contribution >= 4 is 39.8 Å². The van der Waals surface area contributed by atoms with Crippen molar-refractivity contribution in [1.82, 2.24) is 4.98 Å². The quantitative estimate of drug-likeness (QED) is 0.426. The lowest BCUT2D eigenvalue weighted by Gasteiger charge is -2.16. The number of hydrogen-bond acceptors (Lipinski definition) is 4. The second-order valence-corrected chi connectivity index (χ2v) is 8.61. The Kier molecular flexibility index (Phi) is 4.72. The Morgan fingerprint density at radius 2 is 2.19 bits per heavy atom. The SMILES string of the molecule is Cc1ccc2cc(COC(=O)c3cc4c(s3)CC[C@H](C)C4)c(Cl)nc2c1. The molecule has 0 N–H and O–H groups in total. The fraction of sp³-hybridized carbons (Fsp3) is 0.333. The van der Waals surface area contributed by atoms with E-state index in [1.54, 1.807) is 11.3 Å². The van der Waals surface area contributed by atoms with Crippen molar-refractivity contribution in [1.29, 1.82) is 0 Å². The number of hydrogen-bond donors (Lipinski definition) is 0. The number of fused-ring (bicyclic) bond motifs is 2. The average molecular weight is 386 g/mol. The van der Waals surface area contributed by atoms with Crippen molar-refractivity contribution in [2.24, 2.45) is 5.92 Å². The van der Waals surface area contributed by atoms with Crippen molar-refractivity contribution in [3.63, 3.8) is 0 Å². The Morgan fingerprint density at radius 3 is 3.04 bits per heavy atom. The molecule has 0 fully saturated rings. The monoisotopic (exact) mass is 385 g/mol. The summed E-state index contributed by atoms with van der Waals surface area (Å²) in [5.41, 5.74) is 4.02. The van der Waals surface area contributed by atoms with Crippen LogP contribution in [0.25, 0.3) is 10.9 Å². The first-order valence-electron chi connectivity index (χ1n) is 8.84. The maximum absolute atomic E-state index is 12.5. The molecule has 0 unspecified atom stereocenters. The number of aryl methyl sites for hydroxylation is 2. The number of halogens is 1. The van der Waals surface area contributed by atoms with Crippen LogP contribution in [0.15, 0.2) is 30.3 Å². The van der Waals surface area contributed by atoms with Gasteiger partial charge in [0.1, 0.15) is 16.6 Å². The molecule has 0 amide bonds. The van der Waals surface area contributed by atoms with Crippen LogP contribution in [0.4, 0.5) is 0 Å². The number of rotatable bonds is 3. The summed E-state index contributed by atoms with van der Waals surface area (Å²) in [6.07, 6.45) is 3.31. The van der Waals surface area contributed by atoms with Gasteiger partial charge < -0.3 is 4.74 Å². The Bertz CT molecular complexity index is 995. The highest BCUT2D eigenvalue weighted by molar-refractivity contribution is 7.14. The highest BCUT2D eigenvalue weighted by Crippen LogP contribution is 2.32. The van der Waals surface area contributed by atoms with Crippen molar-refractivity contribution in [2.75, 3.05) is 0 Å². The van der Waals surface area contributed by atoms with E-state index in [1.165, 1.54) is 16.9 Å². The molecule has 26 heavy (non-hydrogen) atoms. The highest BCUT2D eigenvalue weighted by atomic mass is 35.5. The van der Waals surface area contributed by atoms with Gasteiger partial charge in [0, 0.05) is 15.8 Å². The number of aromatic nitrogens is 1. The molecule has 5 heteroatoms. The van der Waals surface area contributed by atoms with Crippen LogP contribution < -0.4 is 0 Å². The molecule has 0 radical (unpaired) electrons. The molecule has 4 rings (SSSR count). The minimum Gasteiger partial charge on any atom is -0.457 e. The number of pyridine rings is 1. The summed E-state index contributed by atoms with van der Waals surface area (Å²) in [4.78, 5) is 18.9. The van der Waals surface area contributed by atoms with Crippen molar-refractivity contribution in [3.05, 3.63) is 61.9 Å². The molecular weight excluding hydrogens is 366 g/mol. The summed E-state index contributed by atoms with van der Waals surface area (Å²) in [6.45, 7) is 4.41. The zero-order valence-corrected chi connectivity index (χ0v) is 16.4. The number of esters is 1. The molecule has 0 saturated heterocycles. The summed E-state index contributed by atoms with van der Waals surface area (Å²) in [7, 11) is 0. The molecule has 0 spiro atoms. The van der Waals surface area contributed by atoms with Gasteiger partial charge in [-0.1, -0.05) is 30.7 Å². The number of benzene rings is 1. The summed E-state index contributed by atoms with van der Waals surface area (Å²) in [6, 6.07) is 9.98. The van der Waals surface area contributed by atoms with E-state index in [-0.39, 0.29) is 12.6 Å². The van der Waals surface area contributed by atoms with Gasteiger partial charge >= 0.3 is 5.97 Å². The molecule has 1 aliphatic rings. The predicted molar refractivity (Wildman–Crippen MR) is 106 cm³/mol. The molecule has 2 aromatic heterocycles. The summed E-state index contributed by atoms with van der Waals surface area (Å²) in [5.74, 6) is 0.407. The fourth-order valence-corrected chi connectivity index (χ4v) is 4.72. The third kappa shape index (κ3) is 3.49. The molecular formula is C21H20ClNO2S. The van der Waals surface area contributed by atoms with Gasteiger partial charge in [0.2, 0.25) is 0 Å². The van der Waals surface area contributed by atoms with E-state index in [0.29, 0.717) is 15.9 Å². The van der Waals surface area contributed by atoms with Gasteiger partial charge in [-0.05, 0) is 61.4 Å². The Morgan fingerprint density at radius 1 is 1.35 bits per heavy atom. The van der Waals surface area contributed by atoms with Gasteiger partial charge in [-0.25, -0.2) is 9.78 Å². The van der Waals surface area contributed by atoms with Crippen molar-refractivity contribution in [3.8, 4) is 0 Å². The topological polar surface area (TPSA) is 39.2 Å². The van der Waals surface area contributed by atoms with Gasteiger partial charge in [-0.2, -0.15) is 0 Å². The molecule has 134 valence electrons. The Balaban J connectivity index is 1.50. The Hall–Kier alpha value is -1.91. The molecule has 2 heterocycles. The minimum atomic E-state index is -0.280. The number of carbonyl (C=O) groups excluding carboxylic acids is 1. The molecule has 1 aliphatic carbocycles. The normalized spacial score (nSPS) is 16.5. The number of nitrogens with zero attached hydrogens (tertiary/aromatic N) is 1. The molecule has 3 aromatic rings. The van der Waals surface area contributed by atoms with Gasteiger partial charge in [0.05, 0.1) is 5.52 Å². The van der Waals surface area contributed by atoms with E-state index in [1.807, 2.05) is 37.3 Å². The zero-order chi connectivity index (χ0) is 18.3. The van der Waals surface area contributed by atoms with Crippen LogP contribution in [-0.2, 0) is 24.2 Å². The van der Waals surface area contributed by atoms with E-state index in [9.17, 15) is 4.79 Å². The first-order valence-corrected chi connectivity index (χ1v) is 10.0.